The molecule has 0 atom stereocenters. The number of carbonyl (C=O) groups is 1. The van der Waals surface area contributed by atoms with Crippen molar-refractivity contribution < 1.29 is 18.0 Å². The van der Waals surface area contributed by atoms with E-state index >= 15 is 0 Å². The van der Waals surface area contributed by atoms with E-state index in [9.17, 15) is 18.0 Å². The van der Waals surface area contributed by atoms with Crippen LogP contribution in [0, 0.1) is 0 Å². The molecule has 3 N–H and O–H groups in total. The highest BCUT2D eigenvalue weighted by Crippen LogP contribution is 2.45. The van der Waals surface area contributed by atoms with Crippen LogP contribution in [0.25, 0.3) is 10.2 Å². The Hall–Kier alpha value is -2.68. The molecule has 0 unspecified atom stereocenters. The smallest absolute Gasteiger partial charge is 0.397 e. The number of hydrogen-bond acceptors (Lipinski definition) is 5. The summed E-state index contributed by atoms with van der Waals surface area (Å²) >= 11 is 0.906. The Bertz CT molecular complexity index is 1050. The van der Waals surface area contributed by atoms with Gasteiger partial charge in [-0.25, -0.2) is 4.98 Å². The fraction of sp³-hybridized carbons (Fsp3) is 0.316. The van der Waals surface area contributed by atoms with Crippen molar-refractivity contribution >= 4 is 33.1 Å². The molecule has 9 heteroatoms. The number of aryl methyl sites for hydroxylation is 1. The maximum atomic E-state index is 13.9. The van der Waals surface area contributed by atoms with Crippen LogP contribution in [0.1, 0.15) is 44.9 Å². The Morgan fingerprint density at radius 3 is 2.79 bits per heavy atom. The second-order valence-electron chi connectivity index (χ2n) is 6.69. The van der Waals surface area contributed by atoms with E-state index in [0.717, 1.165) is 23.3 Å². The van der Waals surface area contributed by atoms with Crippen molar-refractivity contribution in [3.63, 3.8) is 0 Å². The first-order valence-electron chi connectivity index (χ1n) is 8.84. The molecular weight excluding hydrogens is 389 g/mol. The number of hydrogen-bond donors (Lipinski definition) is 2. The van der Waals surface area contributed by atoms with E-state index in [2.05, 4.69) is 15.3 Å². The average Bonchev–Trinajstić information content (AvgIpc) is 3.00. The predicted octanol–water partition coefficient (Wildman–Crippen LogP) is 4.10. The molecule has 0 radical (unpaired) electrons. The summed E-state index contributed by atoms with van der Waals surface area (Å²) in [5.41, 5.74) is 6.62. The third-order valence-electron chi connectivity index (χ3n) is 4.82. The number of aromatic nitrogens is 2. The normalized spacial score (nSPS) is 14.1. The van der Waals surface area contributed by atoms with E-state index in [0.29, 0.717) is 25.0 Å². The first kappa shape index (κ1) is 18.7. The van der Waals surface area contributed by atoms with Gasteiger partial charge in [0.25, 0.3) is 5.91 Å². The summed E-state index contributed by atoms with van der Waals surface area (Å²) in [7, 11) is 0. The molecular formula is C19H17F3N4OS. The molecule has 0 spiro atoms. The first-order chi connectivity index (χ1) is 13.4. The number of pyridine rings is 2. The van der Waals surface area contributed by atoms with Crippen LogP contribution in [-0.2, 0) is 25.6 Å². The van der Waals surface area contributed by atoms with E-state index in [4.69, 9.17) is 5.73 Å². The van der Waals surface area contributed by atoms with Gasteiger partial charge < -0.3 is 11.1 Å². The summed E-state index contributed by atoms with van der Waals surface area (Å²) in [4.78, 5) is 21.2. The average molecular weight is 406 g/mol. The number of fused-ring (bicyclic) bond motifs is 2. The second kappa shape index (κ2) is 7.05. The van der Waals surface area contributed by atoms with Gasteiger partial charge in [0.2, 0.25) is 0 Å². The zero-order chi connectivity index (χ0) is 19.9. The third-order valence-corrected chi connectivity index (χ3v) is 5.92. The van der Waals surface area contributed by atoms with Gasteiger partial charge in [0, 0.05) is 30.0 Å². The summed E-state index contributed by atoms with van der Waals surface area (Å²) in [5.74, 6) is -0.518. The number of amides is 1. The standard InChI is InChI=1S/C19H17F3N4OS/c20-19(21,22)14-11-5-1-2-6-12(11)26-18-13(14)15(23)16(28-18)17(27)25-9-10-4-3-7-24-8-10/h3-4,7-8H,1-2,5-6,9,23H2,(H,25,27). The molecule has 3 aromatic rings. The van der Waals surface area contributed by atoms with Gasteiger partial charge >= 0.3 is 6.18 Å². The van der Waals surface area contributed by atoms with Crippen LogP contribution in [0.5, 0.6) is 0 Å². The highest BCUT2D eigenvalue weighted by atomic mass is 32.1. The van der Waals surface area contributed by atoms with Crippen molar-refractivity contribution in [2.45, 2.75) is 38.4 Å². The highest BCUT2D eigenvalue weighted by Gasteiger charge is 2.39. The number of nitrogens with zero attached hydrogens (tertiary/aromatic N) is 2. The van der Waals surface area contributed by atoms with Gasteiger partial charge in [-0.1, -0.05) is 6.07 Å². The summed E-state index contributed by atoms with van der Waals surface area (Å²) in [6, 6.07) is 3.53. The molecule has 1 aliphatic rings. The van der Waals surface area contributed by atoms with E-state index in [1.54, 1.807) is 24.5 Å². The van der Waals surface area contributed by atoms with Gasteiger partial charge in [-0.15, -0.1) is 11.3 Å². The summed E-state index contributed by atoms with van der Waals surface area (Å²) < 4.78 is 41.6. The molecule has 146 valence electrons. The number of anilines is 1. The molecule has 0 saturated carbocycles. The third kappa shape index (κ3) is 3.30. The van der Waals surface area contributed by atoms with E-state index in [1.807, 2.05) is 0 Å². The second-order valence-corrected chi connectivity index (χ2v) is 7.68. The van der Waals surface area contributed by atoms with Crippen LogP contribution in [0.2, 0.25) is 0 Å². The first-order valence-corrected chi connectivity index (χ1v) is 9.66. The zero-order valence-electron chi connectivity index (χ0n) is 14.8. The quantitative estimate of drug-likeness (QED) is 0.686. The lowest BCUT2D eigenvalue weighted by atomic mass is 9.90. The van der Waals surface area contributed by atoms with E-state index in [1.165, 1.54) is 0 Å². The number of rotatable bonds is 3. The Kier molecular flexibility index (Phi) is 4.70. The number of halogens is 3. The molecule has 1 amide bonds. The van der Waals surface area contributed by atoms with Crippen molar-refractivity contribution in [1.29, 1.82) is 0 Å². The van der Waals surface area contributed by atoms with Crippen LogP contribution in [0.3, 0.4) is 0 Å². The number of nitrogen functional groups attached to an aromatic ring is 1. The zero-order valence-corrected chi connectivity index (χ0v) is 15.6. The molecule has 3 heterocycles. The van der Waals surface area contributed by atoms with Gasteiger partial charge in [-0.05, 0) is 42.9 Å². The molecule has 28 heavy (non-hydrogen) atoms. The van der Waals surface area contributed by atoms with Gasteiger partial charge in [-0.3, -0.25) is 9.78 Å². The lowest BCUT2D eigenvalue weighted by Gasteiger charge is -2.21. The minimum absolute atomic E-state index is 0.0548. The van der Waals surface area contributed by atoms with Crippen molar-refractivity contribution in [2.75, 3.05) is 5.73 Å². The fourth-order valence-corrected chi connectivity index (χ4v) is 4.59. The molecule has 0 fully saturated rings. The maximum absolute atomic E-state index is 13.9. The summed E-state index contributed by atoms with van der Waals surface area (Å²) in [5, 5.41) is 2.54. The molecule has 1 aliphatic carbocycles. The molecule has 5 nitrogen and oxygen atoms in total. The minimum atomic E-state index is -4.55. The summed E-state index contributed by atoms with van der Waals surface area (Å²) in [6.07, 6.45) is 0.988. The van der Waals surface area contributed by atoms with E-state index < -0.39 is 17.6 Å². The van der Waals surface area contributed by atoms with Crippen molar-refractivity contribution in [3.8, 4) is 0 Å². The van der Waals surface area contributed by atoms with Crippen molar-refractivity contribution in [2.24, 2.45) is 0 Å². The molecule has 0 saturated heterocycles. The Morgan fingerprint density at radius 1 is 1.29 bits per heavy atom. The van der Waals surface area contributed by atoms with Crippen LogP contribution in [0.15, 0.2) is 24.5 Å². The van der Waals surface area contributed by atoms with Crippen LogP contribution < -0.4 is 11.1 Å². The number of thiophene rings is 1. The highest BCUT2D eigenvalue weighted by molar-refractivity contribution is 7.21. The fourth-order valence-electron chi connectivity index (χ4n) is 3.55. The van der Waals surface area contributed by atoms with Gasteiger partial charge in [0.05, 0.1) is 11.3 Å². The maximum Gasteiger partial charge on any atom is 0.417 e. The Labute approximate surface area is 162 Å². The van der Waals surface area contributed by atoms with Gasteiger partial charge in [-0.2, -0.15) is 13.2 Å². The van der Waals surface area contributed by atoms with Crippen molar-refractivity contribution in [3.05, 3.63) is 51.8 Å². The van der Waals surface area contributed by atoms with Gasteiger partial charge in [0.1, 0.15) is 9.71 Å². The lowest BCUT2D eigenvalue weighted by molar-refractivity contribution is -0.137. The predicted molar refractivity (Wildman–Crippen MR) is 101 cm³/mol. The van der Waals surface area contributed by atoms with Crippen LogP contribution in [0.4, 0.5) is 18.9 Å². The van der Waals surface area contributed by atoms with Crippen LogP contribution in [-0.4, -0.2) is 15.9 Å². The molecule has 0 aromatic carbocycles. The Morgan fingerprint density at radius 2 is 2.07 bits per heavy atom. The molecule has 0 aliphatic heterocycles. The molecule has 4 rings (SSSR count). The monoisotopic (exact) mass is 406 g/mol. The van der Waals surface area contributed by atoms with Crippen LogP contribution >= 0.6 is 11.3 Å². The van der Waals surface area contributed by atoms with Gasteiger partial charge in [0.15, 0.2) is 0 Å². The van der Waals surface area contributed by atoms with E-state index in [-0.39, 0.29) is 32.9 Å². The molecule has 3 aromatic heterocycles. The summed E-state index contributed by atoms with van der Waals surface area (Å²) in [6.45, 7) is 0.205. The number of carbonyl (C=O) groups excluding carboxylic acids is 1. The number of nitrogens with two attached hydrogens (primary N) is 1. The topological polar surface area (TPSA) is 80.9 Å². The largest absolute Gasteiger partial charge is 0.417 e. The molecule has 0 bridgehead atoms. The Balaban J connectivity index is 1.77. The minimum Gasteiger partial charge on any atom is -0.397 e. The lowest BCUT2D eigenvalue weighted by Crippen LogP contribution is -2.22. The van der Waals surface area contributed by atoms with Crippen molar-refractivity contribution in [1.82, 2.24) is 15.3 Å². The number of nitrogens with one attached hydrogen (secondary N) is 1. The number of alkyl halides is 3. The SMILES string of the molecule is Nc1c(C(=O)NCc2cccnc2)sc2nc3c(c(C(F)(F)F)c12)CCCC3.